The number of H-pyrrole nitrogens is 1. The second-order valence-electron chi connectivity index (χ2n) is 4.04. The standard InChI is InChI=1S/C12H18N4OS/c1-3-6-13-7-10-4-5-11(17-10)8-18-12-14-9(2)15-16-12/h4-5,13H,3,6-8H2,1-2H3,(H,14,15,16). The van der Waals surface area contributed by atoms with Crippen LogP contribution >= 0.6 is 11.8 Å². The molecule has 2 heterocycles. The first-order chi connectivity index (χ1) is 8.78. The summed E-state index contributed by atoms with van der Waals surface area (Å²) in [6, 6.07) is 4.03. The lowest BCUT2D eigenvalue weighted by atomic mass is 10.4. The van der Waals surface area contributed by atoms with Crippen molar-refractivity contribution in [3.05, 3.63) is 29.5 Å². The van der Waals surface area contributed by atoms with E-state index in [0.29, 0.717) is 0 Å². The van der Waals surface area contributed by atoms with Crippen molar-refractivity contribution >= 4 is 11.8 Å². The first-order valence-corrected chi connectivity index (χ1v) is 7.06. The van der Waals surface area contributed by atoms with Gasteiger partial charge < -0.3 is 9.73 Å². The summed E-state index contributed by atoms with van der Waals surface area (Å²) in [4.78, 5) is 4.24. The molecular weight excluding hydrogens is 248 g/mol. The van der Waals surface area contributed by atoms with E-state index in [-0.39, 0.29) is 0 Å². The second-order valence-corrected chi connectivity index (χ2v) is 4.98. The Morgan fingerprint density at radius 2 is 2.22 bits per heavy atom. The van der Waals surface area contributed by atoms with Crippen LogP contribution in [0.2, 0.25) is 0 Å². The van der Waals surface area contributed by atoms with Crippen molar-refractivity contribution in [2.24, 2.45) is 0 Å². The fourth-order valence-electron chi connectivity index (χ4n) is 1.51. The molecule has 6 heteroatoms. The number of rotatable bonds is 7. The number of nitrogens with one attached hydrogen (secondary N) is 2. The summed E-state index contributed by atoms with van der Waals surface area (Å²) in [5.41, 5.74) is 0. The summed E-state index contributed by atoms with van der Waals surface area (Å²) < 4.78 is 5.71. The van der Waals surface area contributed by atoms with Crippen LogP contribution in [-0.4, -0.2) is 21.7 Å². The number of hydrogen-bond donors (Lipinski definition) is 2. The second kappa shape index (κ2) is 6.61. The van der Waals surface area contributed by atoms with Gasteiger partial charge >= 0.3 is 0 Å². The van der Waals surface area contributed by atoms with Crippen LogP contribution in [0.1, 0.15) is 30.7 Å². The van der Waals surface area contributed by atoms with Gasteiger partial charge in [-0.3, -0.25) is 5.10 Å². The number of thioether (sulfide) groups is 1. The van der Waals surface area contributed by atoms with Gasteiger partial charge in [0.2, 0.25) is 5.16 Å². The molecule has 0 aliphatic heterocycles. The predicted octanol–water partition coefficient (Wildman–Crippen LogP) is 2.50. The van der Waals surface area contributed by atoms with Gasteiger partial charge in [0, 0.05) is 0 Å². The van der Waals surface area contributed by atoms with E-state index >= 15 is 0 Å². The topological polar surface area (TPSA) is 66.7 Å². The molecule has 98 valence electrons. The van der Waals surface area contributed by atoms with Gasteiger partial charge in [-0.1, -0.05) is 18.7 Å². The zero-order valence-corrected chi connectivity index (χ0v) is 11.5. The maximum atomic E-state index is 5.71. The van der Waals surface area contributed by atoms with E-state index in [9.17, 15) is 0 Å². The minimum absolute atomic E-state index is 0.755. The van der Waals surface area contributed by atoms with Crippen molar-refractivity contribution in [1.29, 1.82) is 0 Å². The zero-order valence-electron chi connectivity index (χ0n) is 10.7. The van der Waals surface area contributed by atoms with Crippen LogP contribution in [0.5, 0.6) is 0 Å². The van der Waals surface area contributed by atoms with Crippen LogP contribution in [-0.2, 0) is 12.3 Å². The SMILES string of the molecule is CCCNCc1ccc(CSc2n[nH]c(C)n2)o1. The number of aromatic amines is 1. The minimum Gasteiger partial charge on any atom is -0.464 e. The molecule has 2 rings (SSSR count). The van der Waals surface area contributed by atoms with Gasteiger partial charge in [-0.2, -0.15) is 0 Å². The van der Waals surface area contributed by atoms with E-state index < -0.39 is 0 Å². The molecule has 0 saturated carbocycles. The smallest absolute Gasteiger partial charge is 0.208 e. The highest BCUT2D eigenvalue weighted by atomic mass is 32.2. The molecule has 0 saturated heterocycles. The third-order valence-corrected chi connectivity index (χ3v) is 3.23. The summed E-state index contributed by atoms with van der Waals surface area (Å²) in [5, 5.41) is 11.0. The number of furan rings is 1. The van der Waals surface area contributed by atoms with E-state index in [2.05, 4.69) is 27.4 Å². The van der Waals surface area contributed by atoms with Gasteiger partial charge in [0.25, 0.3) is 0 Å². The first-order valence-electron chi connectivity index (χ1n) is 6.08. The number of hydrogen-bond acceptors (Lipinski definition) is 5. The van der Waals surface area contributed by atoms with Crippen LogP contribution in [0.3, 0.4) is 0 Å². The summed E-state index contributed by atoms with van der Waals surface area (Å²) in [5.74, 6) is 3.52. The van der Waals surface area contributed by atoms with Crippen molar-refractivity contribution < 1.29 is 4.42 Å². The number of nitrogens with zero attached hydrogens (tertiary/aromatic N) is 2. The number of aryl methyl sites for hydroxylation is 1. The Kier molecular flexibility index (Phi) is 4.83. The maximum absolute atomic E-state index is 5.71. The van der Waals surface area contributed by atoms with Crippen LogP contribution < -0.4 is 5.32 Å². The van der Waals surface area contributed by atoms with Gasteiger partial charge in [0.05, 0.1) is 12.3 Å². The molecule has 0 atom stereocenters. The molecule has 2 aromatic heterocycles. The molecule has 2 aromatic rings. The molecule has 18 heavy (non-hydrogen) atoms. The molecule has 0 spiro atoms. The monoisotopic (exact) mass is 266 g/mol. The Morgan fingerprint density at radius 1 is 1.39 bits per heavy atom. The molecule has 0 aliphatic rings. The van der Waals surface area contributed by atoms with Crippen LogP contribution in [0.25, 0.3) is 0 Å². The third-order valence-electron chi connectivity index (χ3n) is 2.36. The van der Waals surface area contributed by atoms with Gasteiger partial charge in [-0.05, 0) is 32.0 Å². The highest BCUT2D eigenvalue weighted by Crippen LogP contribution is 2.20. The fraction of sp³-hybridized carbons (Fsp3) is 0.500. The lowest BCUT2D eigenvalue weighted by Crippen LogP contribution is -2.12. The highest BCUT2D eigenvalue weighted by molar-refractivity contribution is 7.98. The predicted molar refractivity (Wildman–Crippen MR) is 71.4 cm³/mol. The van der Waals surface area contributed by atoms with Crippen molar-refractivity contribution in [1.82, 2.24) is 20.5 Å². The van der Waals surface area contributed by atoms with Gasteiger partial charge in [-0.15, -0.1) is 5.10 Å². The highest BCUT2D eigenvalue weighted by Gasteiger charge is 2.05. The Morgan fingerprint density at radius 3 is 2.94 bits per heavy atom. The lowest BCUT2D eigenvalue weighted by molar-refractivity contribution is 0.459. The van der Waals surface area contributed by atoms with E-state index in [1.54, 1.807) is 11.8 Å². The quantitative estimate of drug-likeness (QED) is 0.595. The third kappa shape index (κ3) is 3.89. The maximum Gasteiger partial charge on any atom is 0.208 e. The average molecular weight is 266 g/mol. The largest absolute Gasteiger partial charge is 0.464 e. The lowest BCUT2D eigenvalue weighted by Gasteiger charge is -1.99. The molecule has 0 aliphatic carbocycles. The van der Waals surface area contributed by atoms with Crippen LogP contribution in [0.15, 0.2) is 21.7 Å². The van der Waals surface area contributed by atoms with Crippen molar-refractivity contribution in [2.75, 3.05) is 6.54 Å². The van der Waals surface area contributed by atoms with Crippen molar-refractivity contribution in [3.63, 3.8) is 0 Å². The molecule has 2 N–H and O–H groups in total. The fourth-order valence-corrected chi connectivity index (χ4v) is 2.24. The van der Waals surface area contributed by atoms with Gasteiger partial charge in [-0.25, -0.2) is 4.98 Å². The van der Waals surface area contributed by atoms with Crippen LogP contribution in [0, 0.1) is 6.92 Å². The molecule has 5 nitrogen and oxygen atoms in total. The molecular formula is C12H18N4OS. The summed E-state index contributed by atoms with van der Waals surface area (Å²) >= 11 is 1.57. The Labute approximate surface area is 111 Å². The minimum atomic E-state index is 0.755. The normalized spacial score (nSPS) is 11.0. The molecule has 0 amide bonds. The van der Waals surface area contributed by atoms with E-state index in [4.69, 9.17) is 4.42 Å². The molecule has 0 radical (unpaired) electrons. The van der Waals surface area contributed by atoms with Crippen molar-refractivity contribution in [2.45, 2.75) is 37.7 Å². The van der Waals surface area contributed by atoms with E-state index in [0.717, 1.165) is 47.8 Å². The van der Waals surface area contributed by atoms with Crippen molar-refractivity contribution in [3.8, 4) is 0 Å². The summed E-state index contributed by atoms with van der Waals surface area (Å²) in [6.45, 7) is 5.84. The Bertz CT molecular complexity index is 480. The van der Waals surface area contributed by atoms with E-state index in [1.807, 2.05) is 19.1 Å². The summed E-state index contributed by atoms with van der Waals surface area (Å²) in [6.07, 6.45) is 1.13. The van der Waals surface area contributed by atoms with E-state index in [1.165, 1.54) is 0 Å². The van der Waals surface area contributed by atoms with Crippen LogP contribution in [0.4, 0.5) is 0 Å². The Balaban J connectivity index is 1.79. The molecule has 0 bridgehead atoms. The van der Waals surface area contributed by atoms with Gasteiger partial charge in [0.15, 0.2) is 0 Å². The van der Waals surface area contributed by atoms with Gasteiger partial charge in [0.1, 0.15) is 17.3 Å². The molecule has 0 unspecified atom stereocenters. The first kappa shape index (κ1) is 13.2. The zero-order chi connectivity index (χ0) is 12.8. The summed E-state index contributed by atoms with van der Waals surface area (Å²) in [7, 11) is 0. The molecule has 0 aromatic carbocycles. The Hall–Kier alpha value is -1.27. The average Bonchev–Trinajstić information content (AvgIpc) is 2.96. The molecule has 0 fully saturated rings. The number of aromatic nitrogens is 3.